The van der Waals surface area contributed by atoms with Crippen LogP contribution in [0.25, 0.3) is 0 Å². The van der Waals surface area contributed by atoms with Crippen molar-refractivity contribution in [3.8, 4) is 0 Å². The summed E-state index contributed by atoms with van der Waals surface area (Å²) in [5.74, 6) is 0.759. The van der Waals surface area contributed by atoms with Crippen molar-refractivity contribution < 1.29 is 14.0 Å². The number of benzene rings is 1. The minimum absolute atomic E-state index is 0.105. The molecule has 1 aliphatic heterocycles. The smallest absolute Gasteiger partial charge is 0.249 e. The van der Waals surface area contributed by atoms with Crippen LogP contribution in [0.3, 0.4) is 0 Å². The number of hydrogen-bond donors (Lipinski definition) is 0. The normalized spacial score (nSPS) is 32.1. The molecule has 2 aliphatic carbocycles. The van der Waals surface area contributed by atoms with E-state index in [4.69, 9.17) is 0 Å². The average molecular weight is 316 g/mol. The van der Waals surface area contributed by atoms with Gasteiger partial charge in [0.1, 0.15) is 11.9 Å². The summed E-state index contributed by atoms with van der Waals surface area (Å²) in [4.78, 5) is 28.4. The molecule has 1 aromatic rings. The van der Waals surface area contributed by atoms with Crippen LogP contribution in [-0.4, -0.2) is 36.3 Å². The zero-order valence-electron chi connectivity index (χ0n) is 13.2. The van der Waals surface area contributed by atoms with Crippen LogP contribution < -0.4 is 4.90 Å². The molecule has 1 aromatic carbocycles. The lowest BCUT2D eigenvalue weighted by molar-refractivity contribution is -0.138. The lowest BCUT2D eigenvalue weighted by atomic mass is 10.1. The molecule has 5 heteroatoms. The van der Waals surface area contributed by atoms with Gasteiger partial charge in [-0.2, -0.15) is 0 Å². The molecule has 4 rings (SSSR count). The quantitative estimate of drug-likeness (QED) is 0.859. The Kier molecular flexibility index (Phi) is 3.39. The van der Waals surface area contributed by atoms with Gasteiger partial charge in [-0.15, -0.1) is 0 Å². The van der Waals surface area contributed by atoms with Gasteiger partial charge in [-0.3, -0.25) is 9.59 Å². The summed E-state index contributed by atoms with van der Waals surface area (Å²) in [7, 11) is 1.73. The number of carbonyl (C=O) groups excluding carboxylic acids is 2. The number of hydrogen-bond acceptors (Lipinski definition) is 2. The molecule has 122 valence electrons. The van der Waals surface area contributed by atoms with E-state index in [1.807, 2.05) is 0 Å². The Labute approximate surface area is 135 Å². The number of anilines is 1. The van der Waals surface area contributed by atoms with Crippen molar-refractivity contribution in [3.63, 3.8) is 0 Å². The van der Waals surface area contributed by atoms with Crippen molar-refractivity contribution in [2.75, 3.05) is 18.5 Å². The van der Waals surface area contributed by atoms with Crippen LogP contribution in [-0.2, 0) is 9.59 Å². The third kappa shape index (κ3) is 2.25. The van der Waals surface area contributed by atoms with Gasteiger partial charge in [0.2, 0.25) is 11.8 Å². The van der Waals surface area contributed by atoms with E-state index in [0.717, 1.165) is 12.8 Å². The van der Waals surface area contributed by atoms with E-state index in [2.05, 4.69) is 0 Å². The number of fused-ring (bicyclic) bond motifs is 1. The summed E-state index contributed by atoms with van der Waals surface area (Å²) in [6.07, 6.45) is 4.09. The largest absolute Gasteiger partial charge is 0.333 e. The highest BCUT2D eigenvalue weighted by Crippen LogP contribution is 2.58. The summed E-state index contributed by atoms with van der Waals surface area (Å²) in [5, 5.41) is 0. The molecule has 1 heterocycles. The molecule has 3 atom stereocenters. The fraction of sp³-hybridized carbons (Fsp3) is 0.556. The summed E-state index contributed by atoms with van der Waals surface area (Å²) in [6.45, 7) is 0.458. The van der Waals surface area contributed by atoms with E-state index >= 15 is 0 Å². The molecule has 1 saturated heterocycles. The fourth-order valence-electron chi connectivity index (χ4n) is 4.51. The average Bonchev–Trinajstić information content (AvgIpc) is 2.87. The van der Waals surface area contributed by atoms with Gasteiger partial charge in [0, 0.05) is 19.5 Å². The summed E-state index contributed by atoms with van der Waals surface area (Å²) >= 11 is 0. The lowest BCUT2D eigenvalue weighted by Gasteiger charge is -2.25. The van der Waals surface area contributed by atoms with Crippen LogP contribution in [0.15, 0.2) is 24.3 Å². The minimum atomic E-state index is -0.455. The zero-order valence-corrected chi connectivity index (χ0v) is 13.2. The van der Waals surface area contributed by atoms with Gasteiger partial charge in [0.25, 0.3) is 0 Å². The van der Waals surface area contributed by atoms with Crippen LogP contribution in [0.4, 0.5) is 10.1 Å². The van der Waals surface area contributed by atoms with Gasteiger partial charge in [0.05, 0.1) is 5.69 Å². The molecule has 3 fully saturated rings. The second kappa shape index (κ2) is 5.32. The first-order valence-corrected chi connectivity index (χ1v) is 8.42. The first-order valence-electron chi connectivity index (χ1n) is 8.42. The second-order valence-electron chi connectivity index (χ2n) is 6.98. The number of rotatable bonds is 3. The fourth-order valence-corrected chi connectivity index (χ4v) is 4.51. The third-order valence-electron chi connectivity index (χ3n) is 5.83. The van der Waals surface area contributed by atoms with E-state index < -0.39 is 11.9 Å². The molecule has 0 radical (unpaired) electrons. The predicted octanol–water partition coefficient (Wildman–Crippen LogP) is 2.44. The van der Waals surface area contributed by atoms with Crippen LogP contribution in [0, 0.1) is 23.6 Å². The maximum atomic E-state index is 13.9. The Hall–Kier alpha value is -1.91. The molecule has 2 amide bonds. The Morgan fingerprint density at radius 3 is 2.61 bits per heavy atom. The number of halogens is 1. The zero-order chi connectivity index (χ0) is 16.1. The van der Waals surface area contributed by atoms with Crippen molar-refractivity contribution in [2.45, 2.75) is 31.7 Å². The molecular weight excluding hydrogens is 295 g/mol. The van der Waals surface area contributed by atoms with E-state index in [1.165, 1.54) is 17.4 Å². The lowest BCUT2D eigenvalue weighted by Crippen LogP contribution is -2.44. The second-order valence-corrected chi connectivity index (χ2v) is 6.98. The molecule has 0 aromatic heterocycles. The molecule has 4 nitrogen and oxygen atoms in total. The van der Waals surface area contributed by atoms with E-state index in [9.17, 15) is 14.0 Å². The monoisotopic (exact) mass is 316 g/mol. The molecule has 0 bridgehead atoms. The first-order chi connectivity index (χ1) is 11.1. The van der Waals surface area contributed by atoms with Gasteiger partial charge in [-0.05, 0) is 43.2 Å². The molecular formula is C18H21FN2O2. The number of amides is 2. The van der Waals surface area contributed by atoms with E-state index in [1.54, 1.807) is 30.1 Å². The summed E-state index contributed by atoms with van der Waals surface area (Å²) < 4.78 is 13.9. The topological polar surface area (TPSA) is 40.6 Å². The van der Waals surface area contributed by atoms with Crippen LogP contribution in [0.2, 0.25) is 0 Å². The first kappa shape index (κ1) is 14.7. The Balaban J connectivity index is 1.47. The highest BCUT2D eigenvalue weighted by atomic mass is 19.1. The summed E-state index contributed by atoms with van der Waals surface area (Å²) in [6, 6.07) is 5.85. The van der Waals surface area contributed by atoms with Crippen molar-refractivity contribution in [1.82, 2.24) is 4.90 Å². The maximum absolute atomic E-state index is 13.9. The van der Waals surface area contributed by atoms with Crippen LogP contribution >= 0.6 is 0 Å². The highest BCUT2D eigenvalue weighted by Gasteiger charge is 2.58. The highest BCUT2D eigenvalue weighted by molar-refractivity contribution is 6.01. The van der Waals surface area contributed by atoms with Gasteiger partial charge >= 0.3 is 0 Å². The van der Waals surface area contributed by atoms with E-state index in [0.29, 0.717) is 30.5 Å². The maximum Gasteiger partial charge on any atom is 0.249 e. The number of nitrogens with zero attached hydrogens (tertiary/aromatic N) is 2. The van der Waals surface area contributed by atoms with Crippen molar-refractivity contribution in [3.05, 3.63) is 30.1 Å². The van der Waals surface area contributed by atoms with E-state index in [-0.39, 0.29) is 17.7 Å². The van der Waals surface area contributed by atoms with Crippen LogP contribution in [0.5, 0.6) is 0 Å². The van der Waals surface area contributed by atoms with Crippen molar-refractivity contribution >= 4 is 17.5 Å². The number of carbonyl (C=O) groups is 2. The Morgan fingerprint density at radius 1 is 1.22 bits per heavy atom. The van der Waals surface area contributed by atoms with Crippen molar-refractivity contribution in [1.29, 1.82) is 0 Å². The number of likely N-dealkylation sites (N-methyl/N-ethyl adjacent to an activating group) is 1. The SMILES string of the molecule is CN(C(=O)C1C2CCCC21)C1CCN(c2ccccc2F)C1=O. The summed E-state index contributed by atoms with van der Waals surface area (Å²) in [5.41, 5.74) is 0.309. The van der Waals surface area contributed by atoms with Crippen LogP contribution in [0.1, 0.15) is 25.7 Å². The molecule has 0 spiro atoms. The Bertz CT molecular complexity index is 652. The minimum Gasteiger partial charge on any atom is -0.333 e. The standard InChI is InChI=1S/C18H21FN2O2/c1-20(18(23)16-11-5-4-6-12(11)16)15-9-10-21(17(15)22)14-8-3-2-7-13(14)19/h2-3,7-8,11-12,15-16H,4-6,9-10H2,1H3. The molecule has 2 saturated carbocycles. The molecule has 3 unspecified atom stereocenters. The number of para-hydroxylation sites is 1. The van der Waals surface area contributed by atoms with Crippen molar-refractivity contribution in [2.24, 2.45) is 17.8 Å². The molecule has 0 N–H and O–H groups in total. The van der Waals surface area contributed by atoms with Gasteiger partial charge in [-0.25, -0.2) is 4.39 Å². The molecule has 23 heavy (non-hydrogen) atoms. The van der Waals surface area contributed by atoms with Gasteiger partial charge in [0.15, 0.2) is 0 Å². The van der Waals surface area contributed by atoms with Gasteiger partial charge in [-0.1, -0.05) is 18.6 Å². The third-order valence-corrected chi connectivity index (χ3v) is 5.83. The van der Waals surface area contributed by atoms with Gasteiger partial charge < -0.3 is 9.80 Å². The Morgan fingerprint density at radius 2 is 1.91 bits per heavy atom. The predicted molar refractivity (Wildman–Crippen MR) is 84.2 cm³/mol. The molecule has 3 aliphatic rings.